The average molecular weight is 402 g/mol. The van der Waals surface area contributed by atoms with E-state index in [2.05, 4.69) is 0 Å². The van der Waals surface area contributed by atoms with Crippen molar-refractivity contribution >= 4 is 21.9 Å². The summed E-state index contributed by atoms with van der Waals surface area (Å²) in [6, 6.07) is 2.83. The van der Waals surface area contributed by atoms with Crippen LogP contribution in [0.4, 0.5) is 4.39 Å². The number of morpholine rings is 1. The Balaban J connectivity index is 2.16. The van der Waals surface area contributed by atoms with E-state index in [1.54, 1.807) is 20.9 Å². The molecule has 27 heavy (non-hydrogen) atoms. The molecule has 0 N–H and O–H groups in total. The summed E-state index contributed by atoms with van der Waals surface area (Å²) in [4.78, 5) is 25.2. The minimum Gasteiger partial charge on any atom is -0.452 e. The Kier molecular flexibility index (Phi) is 6.90. The van der Waals surface area contributed by atoms with Gasteiger partial charge in [-0.1, -0.05) is 0 Å². The van der Waals surface area contributed by atoms with E-state index < -0.39 is 39.9 Å². The number of hydrogen-bond acceptors (Lipinski definition) is 6. The maximum absolute atomic E-state index is 14.0. The van der Waals surface area contributed by atoms with Crippen molar-refractivity contribution in [1.82, 2.24) is 9.21 Å². The van der Waals surface area contributed by atoms with Crippen LogP contribution >= 0.6 is 0 Å². The van der Waals surface area contributed by atoms with E-state index >= 15 is 0 Å². The number of ether oxygens (including phenoxy) is 2. The van der Waals surface area contributed by atoms with Gasteiger partial charge in [0.25, 0.3) is 5.91 Å². The monoisotopic (exact) mass is 402 g/mol. The molecule has 0 saturated carbocycles. The second kappa shape index (κ2) is 8.77. The van der Waals surface area contributed by atoms with Crippen LogP contribution in [0, 0.1) is 5.82 Å². The normalized spacial score (nSPS) is 15.6. The zero-order valence-corrected chi connectivity index (χ0v) is 16.3. The van der Waals surface area contributed by atoms with Crippen LogP contribution in [0.1, 0.15) is 24.2 Å². The Morgan fingerprint density at radius 3 is 2.52 bits per heavy atom. The van der Waals surface area contributed by atoms with E-state index in [1.807, 2.05) is 0 Å². The Morgan fingerprint density at radius 1 is 1.30 bits per heavy atom. The first-order chi connectivity index (χ1) is 12.6. The van der Waals surface area contributed by atoms with Crippen molar-refractivity contribution in [3.8, 4) is 0 Å². The molecule has 1 saturated heterocycles. The quantitative estimate of drug-likeness (QED) is 0.656. The highest BCUT2D eigenvalue weighted by Gasteiger charge is 2.28. The maximum Gasteiger partial charge on any atom is 0.341 e. The van der Waals surface area contributed by atoms with Crippen molar-refractivity contribution in [2.75, 3.05) is 40.0 Å². The third-order valence-corrected chi connectivity index (χ3v) is 6.15. The summed E-state index contributed by atoms with van der Waals surface area (Å²) >= 11 is 0. The lowest BCUT2D eigenvalue weighted by Crippen LogP contribution is -2.40. The van der Waals surface area contributed by atoms with Crippen LogP contribution in [0.15, 0.2) is 23.1 Å². The molecule has 1 aliphatic heterocycles. The molecule has 0 aromatic heterocycles. The molecule has 1 amide bonds. The molecule has 0 atom stereocenters. The number of halogens is 1. The summed E-state index contributed by atoms with van der Waals surface area (Å²) in [5.41, 5.74) is -0.538. The highest BCUT2D eigenvalue weighted by atomic mass is 32.2. The van der Waals surface area contributed by atoms with Gasteiger partial charge in [-0.15, -0.1) is 0 Å². The minimum absolute atomic E-state index is 0.0880. The van der Waals surface area contributed by atoms with Gasteiger partial charge in [0.2, 0.25) is 10.0 Å². The molecule has 150 valence electrons. The van der Waals surface area contributed by atoms with Crippen LogP contribution < -0.4 is 0 Å². The smallest absolute Gasteiger partial charge is 0.341 e. The van der Waals surface area contributed by atoms with Crippen molar-refractivity contribution in [3.63, 3.8) is 0 Å². The van der Waals surface area contributed by atoms with E-state index in [9.17, 15) is 22.4 Å². The topological polar surface area (TPSA) is 93.2 Å². The van der Waals surface area contributed by atoms with E-state index in [-0.39, 0.29) is 37.2 Å². The van der Waals surface area contributed by atoms with Crippen LogP contribution in [0.3, 0.4) is 0 Å². The van der Waals surface area contributed by atoms with Gasteiger partial charge in [-0.05, 0) is 32.0 Å². The third kappa shape index (κ3) is 5.02. The second-order valence-corrected chi connectivity index (χ2v) is 8.27. The zero-order valence-electron chi connectivity index (χ0n) is 15.5. The van der Waals surface area contributed by atoms with Gasteiger partial charge in [0.05, 0.1) is 23.7 Å². The Morgan fingerprint density at radius 2 is 1.93 bits per heavy atom. The van der Waals surface area contributed by atoms with E-state index in [1.165, 1.54) is 9.21 Å². The number of esters is 1. The predicted octanol–water partition coefficient (Wildman–Crippen LogP) is 0.870. The first-order valence-electron chi connectivity index (χ1n) is 8.45. The number of likely N-dealkylation sites (N-methyl/N-ethyl adjacent to an activating group) is 1. The first-order valence-corrected chi connectivity index (χ1v) is 9.89. The first kappa shape index (κ1) is 21.3. The molecule has 1 fully saturated rings. The van der Waals surface area contributed by atoms with Crippen LogP contribution in [-0.2, 0) is 24.3 Å². The molecule has 2 rings (SSSR count). The lowest BCUT2D eigenvalue weighted by Gasteiger charge is -2.26. The van der Waals surface area contributed by atoms with Gasteiger partial charge in [0, 0.05) is 26.2 Å². The maximum atomic E-state index is 14.0. The van der Waals surface area contributed by atoms with Crippen molar-refractivity contribution in [2.24, 2.45) is 0 Å². The van der Waals surface area contributed by atoms with Gasteiger partial charge in [-0.25, -0.2) is 17.6 Å². The molecule has 0 radical (unpaired) electrons. The highest BCUT2D eigenvalue weighted by Crippen LogP contribution is 2.21. The predicted molar refractivity (Wildman–Crippen MR) is 94.2 cm³/mol. The molecule has 0 unspecified atom stereocenters. The fourth-order valence-electron chi connectivity index (χ4n) is 2.35. The van der Waals surface area contributed by atoms with E-state index in [0.29, 0.717) is 0 Å². The molecule has 1 heterocycles. The molecule has 1 aromatic carbocycles. The summed E-state index contributed by atoms with van der Waals surface area (Å²) in [5.74, 6) is -2.47. The molecule has 1 aliphatic rings. The lowest BCUT2D eigenvalue weighted by atomic mass is 10.2. The molecule has 0 aliphatic carbocycles. The highest BCUT2D eigenvalue weighted by molar-refractivity contribution is 7.89. The molecule has 10 heteroatoms. The van der Waals surface area contributed by atoms with Gasteiger partial charge >= 0.3 is 5.97 Å². The number of carbonyl (C=O) groups is 2. The average Bonchev–Trinajstić information content (AvgIpc) is 2.65. The van der Waals surface area contributed by atoms with Crippen LogP contribution in [0.5, 0.6) is 0 Å². The number of amides is 1. The van der Waals surface area contributed by atoms with Crippen molar-refractivity contribution in [3.05, 3.63) is 29.6 Å². The van der Waals surface area contributed by atoms with Crippen molar-refractivity contribution in [1.29, 1.82) is 0 Å². The number of hydrogen-bond donors (Lipinski definition) is 0. The standard InChI is InChI=1S/C17H23FN2O6S/c1-12(2)19(3)16(21)11-26-17(22)14-10-13(4-5-15(14)18)27(23,24)20-6-8-25-9-7-20/h4-5,10,12H,6-9,11H2,1-3H3. The molecule has 0 bridgehead atoms. The Labute approximate surface area is 157 Å². The zero-order chi connectivity index (χ0) is 20.2. The lowest BCUT2D eigenvalue weighted by molar-refractivity contribution is -0.134. The number of benzene rings is 1. The van der Waals surface area contributed by atoms with Crippen LogP contribution in [0.2, 0.25) is 0 Å². The largest absolute Gasteiger partial charge is 0.452 e. The van der Waals surface area contributed by atoms with Gasteiger partial charge in [-0.2, -0.15) is 4.31 Å². The summed E-state index contributed by atoms with van der Waals surface area (Å²) in [5, 5.41) is 0. The number of carbonyl (C=O) groups excluding carboxylic acids is 2. The van der Waals surface area contributed by atoms with E-state index in [0.717, 1.165) is 18.2 Å². The molecule has 0 spiro atoms. The summed E-state index contributed by atoms with van der Waals surface area (Å²) in [6.45, 7) is 3.90. The van der Waals surface area contributed by atoms with Gasteiger partial charge < -0.3 is 14.4 Å². The molecular formula is C17H23FN2O6S. The SMILES string of the molecule is CC(C)N(C)C(=O)COC(=O)c1cc(S(=O)(=O)N2CCOCC2)ccc1F. The molecular weight excluding hydrogens is 379 g/mol. The van der Waals surface area contributed by atoms with Gasteiger partial charge in [0.1, 0.15) is 5.82 Å². The fraction of sp³-hybridized carbons (Fsp3) is 0.529. The van der Waals surface area contributed by atoms with Crippen molar-refractivity contribution < 1.29 is 31.9 Å². The summed E-state index contributed by atoms with van der Waals surface area (Å²) in [7, 11) is -2.33. The van der Waals surface area contributed by atoms with Crippen molar-refractivity contribution in [2.45, 2.75) is 24.8 Å². The van der Waals surface area contributed by atoms with Gasteiger partial charge in [-0.3, -0.25) is 4.79 Å². The van der Waals surface area contributed by atoms with E-state index in [4.69, 9.17) is 9.47 Å². The minimum atomic E-state index is -3.89. The second-order valence-electron chi connectivity index (χ2n) is 6.33. The van der Waals surface area contributed by atoms with Gasteiger partial charge in [0.15, 0.2) is 6.61 Å². The summed E-state index contributed by atoms with van der Waals surface area (Å²) in [6.07, 6.45) is 0. The Bertz CT molecular complexity index is 806. The summed E-state index contributed by atoms with van der Waals surface area (Å²) < 4.78 is 50.5. The number of nitrogens with zero attached hydrogens (tertiary/aromatic N) is 2. The molecule has 8 nitrogen and oxygen atoms in total. The third-order valence-electron chi connectivity index (χ3n) is 4.26. The number of sulfonamides is 1. The fourth-order valence-corrected chi connectivity index (χ4v) is 3.79. The van der Waals surface area contributed by atoms with Crippen LogP contribution in [0.25, 0.3) is 0 Å². The molecule has 1 aromatic rings. The van der Waals surface area contributed by atoms with Crippen LogP contribution in [-0.4, -0.2) is 75.5 Å². The Hall–Kier alpha value is -2.04. The number of rotatable bonds is 6.